The van der Waals surface area contributed by atoms with Crippen LogP contribution in [0.2, 0.25) is 0 Å². The van der Waals surface area contributed by atoms with E-state index in [2.05, 4.69) is 0 Å². The van der Waals surface area contributed by atoms with Crippen LogP contribution in [-0.4, -0.2) is 16.8 Å². The molecule has 0 aliphatic rings. The minimum atomic E-state index is -1.30. The summed E-state index contributed by atoms with van der Waals surface area (Å²) >= 11 is 0. The smallest absolute Gasteiger partial charge is 0.334 e. The Bertz CT molecular complexity index is 410. The number of rotatable bonds is 4. The number of ether oxygens (including phenoxy) is 1. The summed E-state index contributed by atoms with van der Waals surface area (Å²) in [6.45, 7) is 3.65. The Balaban J connectivity index is 2.77. The molecule has 4 heteroatoms. The van der Waals surface area contributed by atoms with Crippen LogP contribution in [0.5, 0.6) is 0 Å². The molecule has 0 fully saturated rings. The zero-order chi connectivity index (χ0) is 12.0. The summed E-state index contributed by atoms with van der Waals surface area (Å²) < 4.78 is 16.6. The molecule has 0 heterocycles. The van der Waals surface area contributed by atoms with Gasteiger partial charge in [0.05, 0.1) is 17.4 Å². The second-order valence-electron chi connectivity index (χ2n) is 3.13. The first-order valence-corrected chi connectivity index (χ1v) is 6.17. The van der Waals surface area contributed by atoms with Crippen LogP contribution >= 0.6 is 0 Å². The second kappa shape index (κ2) is 6.23. The molecule has 1 unspecified atom stereocenters. The highest BCUT2D eigenvalue weighted by Crippen LogP contribution is 2.09. The van der Waals surface area contributed by atoms with Crippen molar-refractivity contribution in [3.63, 3.8) is 0 Å². The van der Waals surface area contributed by atoms with E-state index in [1.54, 1.807) is 38.1 Å². The van der Waals surface area contributed by atoms with Crippen molar-refractivity contribution in [3.8, 4) is 0 Å². The molecule has 0 aliphatic heterocycles. The number of esters is 1. The maximum atomic E-state index is 11.8. The molecule has 3 nitrogen and oxygen atoms in total. The molecule has 86 valence electrons. The van der Waals surface area contributed by atoms with Crippen molar-refractivity contribution >= 4 is 16.8 Å². The topological polar surface area (TPSA) is 43.4 Å². The fourth-order valence-corrected chi connectivity index (χ4v) is 2.06. The highest BCUT2D eigenvalue weighted by atomic mass is 32.2. The Morgan fingerprint density at radius 2 is 2.00 bits per heavy atom. The van der Waals surface area contributed by atoms with E-state index in [4.69, 9.17) is 4.74 Å². The van der Waals surface area contributed by atoms with Gasteiger partial charge in [0, 0.05) is 15.9 Å². The molecular formula is C12H14O3S. The number of hydrogen-bond donors (Lipinski definition) is 0. The molecule has 0 saturated heterocycles. The van der Waals surface area contributed by atoms with Crippen molar-refractivity contribution in [1.29, 1.82) is 0 Å². The van der Waals surface area contributed by atoms with Crippen LogP contribution in [0, 0.1) is 0 Å². The largest absolute Gasteiger partial charge is 0.463 e. The normalized spacial score (nSPS) is 13.2. The van der Waals surface area contributed by atoms with Gasteiger partial charge in [0.25, 0.3) is 0 Å². The first-order chi connectivity index (χ1) is 7.65. The molecular weight excluding hydrogens is 224 g/mol. The zero-order valence-corrected chi connectivity index (χ0v) is 10.1. The van der Waals surface area contributed by atoms with Gasteiger partial charge in [0.1, 0.15) is 0 Å². The van der Waals surface area contributed by atoms with E-state index >= 15 is 0 Å². The Kier molecular flexibility index (Phi) is 4.92. The van der Waals surface area contributed by atoms with E-state index in [9.17, 15) is 9.00 Å². The van der Waals surface area contributed by atoms with E-state index in [1.165, 1.54) is 5.41 Å². The monoisotopic (exact) mass is 238 g/mol. The molecule has 0 amide bonds. The van der Waals surface area contributed by atoms with Gasteiger partial charge in [-0.25, -0.2) is 9.00 Å². The van der Waals surface area contributed by atoms with Gasteiger partial charge in [0.2, 0.25) is 0 Å². The Morgan fingerprint density at radius 1 is 1.38 bits per heavy atom. The van der Waals surface area contributed by atoms with Crippen molar-refractivity contribution in [2.75, 3.05) is 6.61 Å². The molecule has 0 spiro atoms. The van der Waals surface area contributed by atoms with Crippen molar-refractivity contribution in [2.24, 2.45) is 0 Å². The summed E-state index contributed by atoms with van der Waals surface area (Å²) in [5.41, 5.74) is 0.365. The van der Waals surface area contributed by atoms with Gasteiger partial charge in [-0.3, -0.25) is 0 Å². The maximum absolute atomic E-state index is 11.8. The van der Waals surface area contributed by atoms with Gasteiger partial charge in [-0.05, 0) is 26.0 Å². The van der Waals surface area contributed by atoms with Crippen LogP contribution < -0.4 is 0 Å². The second-order valence-corrected chi connectivity index (χ2v) is 4.43. The lowest BCUT2D eigenvalue weighted by Gasteiger charge is -2.01. The van der Waals surface area contributed by atoms with Gasteiger partial charge in [-0.2, -0.15) is 0 Å². The fraction of sp³-hybridized carbons (Fsp3) is 0.250. The lowest BCUT2D eigenvalue weighted by atomic mass is 10.4. The number of hydrogen-bond acceptors (Lipinski definition) is 3. The van der Waals surface area contributed by atoms with Gasteiger partial charge in [0.15, 0.2) is 0 Å². The van der Waals surface area contributed by atoms with Crippen LogP contribution in [-0.2, 0) is 20.3 Å². The summed E-state index contributed by atoms with van der Waals surface area (Å²) in [6, 6.07) is 8.97. The minimum Gasteiger partial charge on any atom is -0.463 e. The molecule has 0 aliphatic carbocycles. The average molecular weight is 238 g/mol. The van der Waals surface area contributed by atoms with Crippen LogP contribution in [0.4, 0.5) is 0 Å². The van der Waals surface area contributed by atoms with Crippen molar-refractivity contribution in [2.45, 2.75) is 18.7 Å². The summed E-state index contributed by atoms with van der Waals surface area (Å²) in [4.78, 5) is 12.0. The summed E-state index contributed by atoms with van der Waals surface area (Å²) in [6.07, 6.45) is 0. The Hall–Kier alpha value is -1.42. The van der Waals surface area contributed by atoms with Gasteiger partial charge >= 0.3 is 5.97 Å². The summed E-state index contributed by atoms with van der Waals surface area (Å²) in [5.74, 6) is -0.424. The fourth-order valence-electron chi connectivity index (χ4n) is 1.08. The SMILES string of the molecule is CCOC(=O)/C(C)=C/S(=O)c1ccccc1. The standard InChI is InChI=1S/C12H14O3S/c1-3-15-12(13)10(2)9-16(14)11-7-5-4-6-8-11/h4-9H,3H2,1-2H3/b10-9+. The molecule has 1 atom stereocenters. The van der Waals surface area contributed by atoms with Gasteiger partial charge < -0.3 is 4.74 Å². The molecule has 0 bridgehead atoms. The maximum Gasteiger partial charge on any atom is 0.334 e. The van der Waals surface area contributed by atoms with E-state index in [0.29, 0.717) is 17.1 Å². The van der Waals surface area contributed by atoms with Gasteiger partial charge in [-0.1, -0.05) is 18.2 Å². The summed E-state index contributed by atoms with van der Waals surface area (Å²) in [7, 11) is -1.30. The van der Waals surface area contributed by atoms with Gasteiger partial charge in [-0.15, -0.1) is 0 Å². The van der Waals surface area contributed by atoms with E-state index in [-0.39, 0.29) is 0 Å². The number of carbonyl (C=O) groups excluding carboxylic acids is 1. The molecule has 0 radical (unpaired) electrons. The number of benzene rings is 1. The lowest BCUT2D eigenvalue weighted by Crippen LogP contribution is -2.05. The van der Waals surface area contributed by atoms with Crippen LogP contribution in [0.25, 0.3) is 0 Å². The predicted octanol–water partition coefficient (Wildman–Crippen LogP) is 2.26. The zero-order valence-electron chi connectivity index (χ0n) is 9.30. The Morgan fingerprint density at radius 3 is 2.56 bits per heavy atom. The molecule has 0 N–H and O–H groups in total. The molecule has 0 saturated carbocycles. The molecule has 1 aromatic carbocycles. The van der Waals surface area contributed by atoms with Crippen LogP contribution in [0.1, 0.15) is 13.8 Å². The molecule has 16 heavy (non-hydrogen) atoms. The van der Waals surface area contributed by atoms with Crippen LogP contribution in [0.3, 0.4) is 0 Å². The summed E-state index contributed by atoms with van der Waals surface area (Å²) in [5, 5.41) is 1.41. The van der Waals surface area contributed by atoms with E-state index < -0.39 is 16.8 Å². The third-order valence-corrected chi connectivity index (χ3v) is 3.16. The van der Waals surface area contributed by atoms with Crippen molar-refractivity contribution < 1.29 is 13.7 Å². The molecule has 1 rings (SSSR count). The lowest BCUT2D eigenvalue weighted by molar-refractivity contribution is -0.138. The molecule has 0 aromatic heterocycles. The third-order valence-electron chi connectivity index (χ3n) is 1.86. The minimum absolute atomic E-state index is 0.321. The third kappa shape index (κ3) is 3.62. The van der Waals surface area contributed by atoms with Crippen molar-refractivity contribution in [1.82, 2.24) is 0 Å². The first-order valence-electron chi connectivity index (χ1n) is 4.96. The van der Waals surface area contributed by atoms with E-state index in [0.717, 1.165) is 0 Å². The van der Waals surface area contributed by atoms with Crippen molar-refractivity contribution in [3.05, 3.63) is 41.3 Å². The highest BCUT2D eigenvalue weighted by Gasteiger charge is 2.07. The highest BCUT2D eigenvalue weighted by molar-refractivity contribution is 7.88. The Labute approximate surface area is 97.6 Å². The van der Waals surface area contributed by atoms with Crippen LogP contribution in [0.15, 0.2) is 46.2 Å². The first kappa shape index (κ1) is 12.6. The molecule has 1 aromatic rings. The van der Waals surface area contributed by atoms with E-state index in [1.807, 2.05) is 6.07 Å². The average Bonchev–Trinajstić information content (AvgIpc) is 2.30. The predicted molar refractivity (Wildman–Crippen MR) is 63.2 cm³/mol. The number of carbonyl (C=O) groups is 1. The quantitative estimate of drug-likeness (QED) is 0.597.